The van der Waals surface area contributed by atoms with Crippen molar-refractivity contribution in [2.75, 3.05) is 6.54 Å². The van der Waals surface area contributed by atoms with Gasteiger partial charge in [-0.25, -0.2) is 0 Å². The Hall–Kier alpha value is -0.190. The van der Waals surface area contributed by atoms with E-state index in [0.717, 1.165) is 22.2 Å². The zero-order valence-electron chi connectivity index (χ0n) is 10.5. The van der Waals surface area contributed by atoms with Crippen LogP contribution in [0.4, 0.5) is 0 Å². The SMILES string of the molecule is CC(C)(CCN)CCC(=O)Cc1sccc1Br. The van der Waals surface area contributed by atoms with Crippen molar-refractivity contribution in [3.63, 3.8) is 0 Å². The van der Waals surface area contributed by atoms with Crippen LogP contribution in [-0.4, -0.2) is 12.3 Å². The van der Waals surface area contributed by atoms with E-state index in [0.29, 0.717) is 25.2 Å². The van der Waals surface area contributed by atoms with Gasteiger partial charge in [-0.3, -0.25) is 4.79 Å². The minimum Gasteiger partial charge on any atom is -0.330 e. The first-order chi connectivity index (χ1) is 7.94. The van der Waals surface area contributed by atoms with Crippen LogP contribution in [0.15, 0.2) is 15.9 Å². The summed E-state index contributed by atoms with van der Waals surface area (Å²) in [6.45, 7) is 5.04. The summed E-state index contributed by atoms with van der Waals surface area (Å²) in [5, 5.41) is 2.01. The molecule has 1 aromatic rings. The average Bonchev–Trinajstić information content (AvgIpc) is 2.62. The number of rotatable bonds is 7. The molecule has 1 heterocycles. The van der Waals surface area contributed by atoms with Crippen molar-refractivity contribution in [3.8, 4) is 0 Å². The average molecular weight is 318 g/mol. The van der Waals surface area contributed by atoms with E-state index in [4.69, 9.17) is 5.73 Å². The lowest BCUT2D eigenvalue weighted by molar-refractivity contribution is -0.118. The summed E-state index contributed by atoms with van der Waals surface area (Å²) >= 11 is 5.09. The van der Waals surface area contributed by atoms with E-state index in [-0.39, 0.29) is 5.41 Å². The normalized spacial score (nSPS) is 11.8. The standard InChI is InChI=1S/C13H20BrNOS/c1-13(2,6-7-15)5-3-10(16)9-12-11(14)4-8-17-12/h4,8H,3,5-7,9,15H2,1-2H3. The molecular weight excluding hydrogens is 298 g/mol. The highest BCUT2D eigenvalue weighted by Crippen LogP contribution is 2.28. The molecule has 4 heteroatoms. The highest BCUT2D eigenvalue weighted by Gasteiger charge is 2.18. The summed E-state index contributed by atoms with van der Waals surface area (Å²) in [4.78, 5) is 13.0. The second-order valence-electron chi connectivity index (χ2n) is 5.11. The molecule has 0 aliphatic rings. The third-order valence-electron chi connectivity index (χ3n) is 2.95. The van der Waals surface area contributed by atoms with Gasteiger partial charge in [0.25, 0.3) is 0 Å². The molecule has 17 heavy (non-hydrogen) atoms. The Balaban J connectivity index is 2.38. The molecule has 0 aliphatic carbocycles. The fourth-order valence-corrected chi connectivity index (χ4v) is 3.23. The summed E-state index contributed by atoms with van der Waals surface area (Å²) in [7, 11) is 0. The molecule has 0 aromatic carbocycles. The Bertz CT molecular complexity index is 373. The molecule has 0 atom stereocenters. The van der Waals surface area contributed by atoms with Crippen molar-refractivity contribution in [2.24, 2.45) is 11.1 Å². The minimum atomic E-state index is 0.178. The van der Waals surface area contributed by atoms with Gasteiger partial charge in [-0.2, -0.15) is 0 Å². The molecule has 0 radical (unpaired) electrons. The molecule has 2 N–H and O–H groups in total. The maximum atomic E-state index is 11.9. The zero-order valence-corrected chi connectivity index (χ0v) is 12.9. The first-order valence-electron chi connectivity index (χ1n) is 5.88. The van der Waals surface area contributed by atoms with E-state index < -0.39 is 0 Å². The largest absolute Gasteiger partial charge is 0.330 e. The van der Waals surface area contributed by atoms with Crippen LogP contribution in [0.3, 0.4) is 0 Å². The fourth-order valence-electron chi connectivity index (χ4n) is 1.71. The molecule has 0 bridgehead atoms. The van der Waals surface area contributed by atoms with E-state index in [9.17, 15) is 4.79 Å². The Morgan fingerprint density at radius 2 is 2.18 bits per heavy atom. The van der Waals surface area contributed by atoms with E-state index >= 15 is 0 Å². The number of carbonyl (C=O) groups excluding carboxylic acids is 1. The summed E-state index contributed by atoms with van der Waals surface area (Å²) in [5.41, 5.74) is 5.74. The number of hydrogen-bond donors (Lipinski definition) is 1. The van der Waals surface area contributed by atoms with Crippen LogP contribution in [0.1, 0.15) is 38.0 Å². The number of halogens is 1. The lowest BCUT2D eigenvalue weighted by Crippen LogP contribution is -2.18. The van der Waals surface area contributed by atoms with Crippen LogP contribution >= 0.6 is 27.3 Å². The number of carbonyl (C=O) groups is 1. The Labute approximate surface area is 116 Å². The quantitative estimate of drug-likeness (QED) is 0.831. The zero-order chi connectivity index (χ0) is 12.9. The van der Waals surface area contributed by atoms with Crippen LogP contribution in [0.25, 0.3) is 0 Å². The van der Waals surface area contributed by atoms with Gasteiger partial charge in [0.2, 0.25) is 0 Å². The highest BCUT2D eigenvalue weighted by atomic mass is 79.9. The van der Waals surface area contributed by atoms with Crippen molar-refractivity contribution < 1.29 is 4.79 Å². The minimum absolute atomic E-state index is 0.178. The van der Waals surface area contributed by atoms with Gasteiger partial charge in [-0.05, 0) is 52.2 Å². The van der Waals surface area contributed by atoms with Gasteiger partial charge in [-0.15, -0.1) is 11.3 Å². The summed E-state index contributed by atoms with van der Waals surface area (Å²) in [6.07, 6.45) is 3.10. The maximum absolute atomic E-state index is 11.9. The molecule has 0 saturated heterocycles. The van der Waals surface area contributed by atoms with Gasteiger partial charge in [0.1, 0.15) is 5.78 Å². The van der Waals surface area contributed by atoms with Gasteiger partial charge in [0.05, 0.1) is 0 Å². The van der Waals surface area contributed by atoms with E-state index in [1.165, 1.54) is 0 Å². The maximum Gasteiger partial charge on any atom is 0.138 e. The third kappa shape index (κ3) is 5.32. The van der Waals surface area contributed by atoms with Crippen molar-refractivity contribution in [2.45, 2.75) is 39.5 Å². The predicted molar refractivity (Wildman–Crippen MR) is 77.4 cm³/mol. The van der Waals surface area contributed by atoms with Crippen LogP contribution in [0, 0.1) is 5.41 Å². The monoisotopic (exact) mass is 317 g/mol. The second-order valence-corrected chi connectivity index (χ2v) is 6.97. The summed E-state index contributed by atoms with van der Waals surface area (Å²) < 4.78 is 1.05. The fraction of sp³-hybridized carbons (Fsp3) is 0.615. The highest BCUT2D eigenvalue weighted by molar-refractivity contribution is 9.10. The second kappa shape index (κ2) is 6.66. The topological polar surface area (TPSA) is 43.1 Å². The number of thiophene rings is 1. The van der Waals surface area contributed by atoms with Crippen molar-refractivity contribution >= 4 is 33.0 Å². The van der Waals surface area contributed by atoms with Gasteiger partial charge < -0.3 is 5.73 Å². The first kappa shape index (κ1) is 14.9. The van der Waals surface area contributed by atoms with Gasteiger partial charge >= 0.3 is 0 Å². The lowest BCUT2D eigenvalue weighted by Gasteiger charge is -2.23. The van der Waals surface area contributed by atoms with Crippen LogP contribution in [0.2, 0.25) is 0 Å². The van der Waals surface area contributed by atoms with Gasteiger partial charge in [0.15, 0.2) is 0 Å². The van der Waals surface area contributed by atoms with Crippen LogP contribution in [0.5, 0.6) is 0 Å². The smallest absolute Gasteiger partial charge is 0.138 e. The summed E-state index contributed by atoms with van der Waals surface area (Å²) in [6, 6.07) is 1.99. The molecule has 0 unspecified atom stereocenters. The van der Waals surface area contributed by atoms with E-state index in [1.807, 2.05) is 11.4 Å². The molecule has 1 aromatic heterocycles. The number of ketones is 1. The van der Waals surface area contributed by atoms with E-state index in [1.54, 1.807) is 11.3 Å². The van der Waals surface area contributed by atoms with Crippen molar-refractivity contribution in [1.29, 1.82) is 0 Å². The Morgan fingerprint density at radius 1 is 1.47 bits per heavy atom. The number of nitrogens with two attached hydrogens (primary N) is 1. The number of hydrogen-bond acceptors (Lipinski definition) is 3. The first-order valence-corrected chi connectivity index (χ1v) is 7.55. The van der Waals surface area contributed by atoms with Gasteiger partial charge in [-0.1, -0.05) is 13.8 Å². The Morgan fingerprint density at radius 3 is 2.71 bits per heavy atom. The molecule has 1 rings (SSSR count). The van der Waals surface area contributed by atoms with E-state index in [2.05, 4.69) is 29.8 Å². The molecule has 0 fully saturated rings. The number of Topliss-reactive ketones (excluding diaryl/α,β-unsaturated/α-hetero) is 1. The molecule has 0 amide bonds. The molecule has 2 nitrogen and oxygen atoms in total. The van der Waals surface area contributed by atoms with Gasteiger partial charge in [0, 0.05) is 22.2 Å². The van der Waals surface area contributed by atoms with Crippen LogP contribution < -0.4 is 5.73 Å². The molecule has 0 saturated carbocycles. The molecular formula is C13H20BrNOS. The van der Waals surface area contributed by atoms with Crippen molar-refractivity contribution in [1.82, 2.24) is 0 Å². The predicted octanol–water partition coefficient (Wildman–Crippen LogP) is 3.78. The molecule has 0 aliphatic heterocycles. The lowest BCUT2D eigenvalue weighted by atomic mass is 9.83. The summed E-state index contributed by atoms with van der Waals surface area (Å²) in [5.74, 6) is 0.318. The Kier molecular flexibility index (Phi) is 5.83. The third-order valence-corrected chi connectivity index (χ3v) is 4.88. The molecule has 96 valence electrons. The van der Waals surface area contributed by atoms with Crippen molar-refractivity contribution in [3.05, 3.63) is 20.8 Å². The molecule has 0 spiro atoms. The van der Waals surface area contributed by atoms with Crippen LogP contribution in [-0.2, 0) is 11.2 Å².